The minimum absolute atomic E-state index is 0.0785. The summed E-state index contributed by atoms with van der Waals surface area (Å²) in [6.45, 7) is 1.25. The molecule has 0 saturated carbocycles. The van der Waals surface area contributed by atoms with E-state index in [0.29, 0.717) is 24.5 Å². The lowest BCUT2D eigenvalue weighted by molar-refractivity contribution is 0.0688. The number of sulfonamides is 1. The third kappa shape index (κ3) is 3.49. The summed E-state index contributed by atoms with van der Waals surface area (Å²) in [6.07, 6.45) is 0. The highest BCUT2D eigenvalue weighted by Crippen LogP contribution is 2.23. The molecule has 1 aliphatic heterocycles. The summed E-state index contributed by atoms with van der Waals surface area (Å²) in [5.74, 6) is 0.527. The average Bonchev–Trinajstić information content (AvgIpc) is 3.10. The molecule has 1 fully saturated rings. The van der Waals surface area contributed by atoms with E-state index in [1.54, 1.807) is 29.2 Å². The number of carbonyl (C=O) groups is 1. The van der Waals surface area contributed by atoms with Crippen molar-refractivity contribution in [1.29, 1.82) is 0 Å². The normalized spacial score (nSPS) is 15.6. The van der Waals surface area contributed by atoms with Gasteiger partial charge < -0.3 is 14.2 Å². The molecule has 0 atom stereocenters. The minimum Gasteiger partial charge on any atom is -0.497 e. The van der Waals surface area contributed by atoms with E-state index in [9.17, 15) is 13.2 Å². The van der Waals surface area contributed by atoms with Crippen molar-refractivity contribution in [1.82, 2.24) is 13.8 Å². The van der Waals surface area contributed by atoms with Crippen LogP contribution < -0.4 is 4.74 Å². The molecule has 1 aliphatic rings. The SMILES string of the molecule is COc1ccc(S(=O)(=O)N2CCN(C(=O)c3cc4ccccc4n3C)CC2)cc1. The van der Waals surface area contributed by atoms with Crippen molar-refractivity contribution in [3.05, 3.63) is 60.3 Å². The van der Waals surface area contributed by atoms with E-state index in [1.165, 1.54) is 11.4 Å². The standard InChI is InChI=1S/C21H23N3O4S/c1-22-19-6-4-3-5-16(19)15-20(22)21(25)23-11-13-24(14-12-23)29(26,27)18-9-7-17(28-2)8-10-18/h3-10,15H,11-14H2,1-2H3. The molecule has 2 aromatic carbocycles. The molecule has 0 unspecified atom stereocenters. The van der Waals surface area contributed by atoms with Crippen molar-refractivity contribution in [2.24, 2.45) is 7.05 Å². The second-order valence-corrected chi connectivity index (χ2v) is 8.96. The van der Waals surface area contributed by atoms with Crippen LogP contribution in [0, 0.1) is 0 Å². The van der Waals surface area contributed by atoms with Gasteiger partial charge in [0.1, 0.15) is 11.4 Å². The number of hydrogen-bond donors (Lipinski definition) is 0. The van der Waals surface area contributed by atoms with Crippen LogP contribution in [-0.4, -0.2) is 61.4 Å². The van der Waals surface area contributed by atoms with Crippen molar-refractivity contribution < 1.29 is 17.9 Å². The fourth-order valence-corrected chi connectivity index (χ4v) is 5.11. The fourth-order valence-electron chi connectivity index (χ4n) is 3.68. The highest BCUT2D eigenvalue weighted by atomic mass is 32.2. The number of nitrogens with zero attached hydrogens (tertiary/aromatic N) is 3. The van der Waals surface area contributed by atoms with Crippen LogP contribution in [0.5, 0.6) is 5.75 Å². The Hall–Kier alpha value is -2.84. The summed E-state index contributed by atoms with van der Waals surface area (Å²) >= 11 is 0. The summed E-state index contributed by atoms with van der Waals surface area (Å²) < 4.78 is 34.2. The molecule has 29 heavy (non-hydrogen) atoms. The van der Waals surface area contributed by atoms with Crippen molar-refractivity contribution in [3.8, 4) is 5.75 Å². The number of fused-ring (bicyclic) bond motifs is 1. The van der Waals surface area contributed by atoms with Gasteiger partial charge in [-0.25, -0.2) is 8.42 Å². The first-order chi connectivity index (χ1) is 13.9. The van der Waals surface area contributed by atoms with E-state index in [-0.39, 0.29) is 23.9 Å². The van der Waals surface area contributed by atoms with Crippen LogP contribution in [-0.2, 0) is 17.1 Å². The zero-order chi connectivity index (χ0) is 20.6. The first-order valence-corrected chi connectivity index (χ1v) is 10.8. The molecule has 8 heteroatoms. The number of benzene rings is 2. The summed E-state index contributed by atoms with van der Waals surface area (Å²) in [5.41, 5.74) is 1.61. The second-order valence-electron chi connectivity index (χ2n) is 7.02. The topological polar surface area (TPSA) is 71.9 Å². The molecule has 0 bridgehead atoms. The summed E-state index contributed by atoms with van der Waals surface area (Å²) in [5, 5.41) is 1.01. The highest BCUT2D eigenvalue weighted by molar-refractivity contribution is 7.89. The van der Waals surface area contributed by atoms with Gasteiger partial charge in [-0.2, -0.15) is 4.31 Å². The predicted molar refractivity (Wildman–Crippen MR) is 111 cm³/mol. The molecule has 1 saturated heterocycles. The minimum atomic E-state index is -3.59. The maximum absolute atomic E-state index is 13.0. The van der Waals surface area contributed by atoms with Gasteiger partial charge in [0.05, 0.1) is 12.0 Å². The summed E-state index contributed by atoms with van der Waals surface area (Å²) in [7, 11) is -0.183. The van der Waals surface area contributed by atoms with E-state index in [4.69, 9.17) is 4.74 Å². The monoisotopic (exact) mass is 413 g/mol. The molecule has 3 aromatic rings. The maximum Gasteiger partial charge on any atom is 0.270 e. The Kier molecular flexibility index (Phi) is 5.06. The van der Waals surface area contributed by atoms with Gasteiger partial charge in [0, 0.05) is 44.1 Å². The highest BCUT2D eigenvalue weighted by Gasteiger charge is 2.31. The van der Waals surface area contributed by atoms with E-state index < -0.39 is 10.0 Å². The lowest BCUT2D eigenvalue weighted by Crippen LogP contribution is -2.50. The number of amides is 1. The Morgan fingerprint density at radius 1 is 0.966 bits per heavy atom. The van der Waals surface area contributed by atoms with Crippen molar-refractivity contribution in [3.63, 3.8) is 0 Å². The molecule has 1 amide bonds. The van der Waals surface area contributed by atoms with Gasteiger partial charge >= 0.3 is 0 Å². The number of aryl methyl sites for hydroxylation is 1. The van der Waals surface area contributed by atoms with Crippen LogP contribution in [0.1, 0.15) is 10.5 Å². The second kappa shape index (κ2) is 7.53. The Morgan fingerprint density at radius 2 is 1.62 bits per heavy atom. The fraction of sp³-hybridized carbons (Fsp3) is 0.286. The van der Waals surface area contributed by atoms with E-state index >= 15 is 0 Å². The Bertz CT molecular complexity index is 1140. The first kappa shape index (κ1) is 19.5. The zero-order valence-electron chi connectivity index (χ0n) is 16.4. The third-order valence-electron chi connectivity index (χ3n) is 5.39. The Labute approximate surface area is 170 Å². The van der Waals surface area contributed by atoms with E-state index in [2.05, 4.69) is 0 Å². The smallest absolute Gasteiger partial charge is 0.270 e. The third-order valence-corrected chi connectivity index (χ3v) is 7.31. The van der Waals surface area contributed by atoms with Gasteiger partial charge in [-0.15, -0.1) is 0 Å². The molecule has 7 nitrogen and oxygen atoms in total. The average molecular weight is 413 g/mol. The van der Waals surface area contributed by atoms with Gasteiger partial charge in [-0.3, -0.25) is 4.79 Å². The lowest BCUT2D eigenvalue weighted by atomic mass is 10.2. The zero-order valence-corrected chi connectivity index (χ0v) is 17.2. The van der Waals surface area contributed by atoms with Crippen LogP contribution in [0.3, 0.4) is 0 Å². The molecule has 1 aromatic heterocycles. The maximum atomic E-state index is 13.0. The summed E-state index contributed by atoms with van der Waals surface area (Å²) in [4.78, 5) is 15.0. The molecule has 0 radical (unpaired) electrons. The van der Waals surface area contributed by atoms with Gasteiger partial charge in [0.15, 0.2) is 0 Å². The predicted octanol–water partition coefficient (Wildman–Crippen LogP) is 2.33. The molecule has 0 N–H and O–H groups in total. The van der Waals surface area contributed by atoms with Gasteiger partial charge in [-0.05, 0) is 36.4 Å². The molecule has 4 rings (SSSR count). The number of carbonyl (C=O) groups excluding carboxylic acids is 1. The van der Waals surface area contributed by atoms with E-state index in [1.807, 2.05) is 41.9 Å². The van der Waals surface area contributed by atoms with Crippen LogP contribution >= 0.6 is 0 Å². The number of rotatable bonds is 4. The van der Waals surface area contributed by atoms with Crippen molar-refractivity contribution >= 4 is 26.8 Å². The number of piperazine rings is 1. The molecule has 152 valence electrons. The number of hydrogen-bond acceptors (Lipinski definition) is 4. The number of ether oxygens (including phenoxy) is 1. The van der Waals surface area contributed by atoms with Crippen molar-refractivity contribution in [2.75, 3.05) is 33.3 Å². The largest absolute Gasteiger partial charge is 0.497 e. The van der Waals surface area contributed by atoms with Crippen LogP contribution in [0.4, 0.5) is 0 Å². The van der Waals surface area contributed by atoms with Crippen LogP contribution in [0.25, 0.3) is 10.9 Å². The Balaban J connectivity index is 1.48. The van der Waals surface area contributed by atoms with Gasteiger partial charge in [0.2, 0.25) is 10.0 Å². The van der Waals surface area contributed by atoms with E-state index in [0.717, 1.165) is 10.9 Å². The molecular weight excluding hydrogens is 390 g/mol. The number of methoxy groups -OCH3 is 1. The quantitative estimate of drug-likeness (QED) is 0.658. The molecular formula is C21H23N3O4S. The lowest BCUT2D eigenvalue weighted by Gasteiger charge is -2.34. The van der Waals surface area contributed by atoms with Crippen molar-refractivity contribution in [2.45, 2.75) is 4.90 Å². The van der Waals surface area contributed by atoms with Crippen LogP contribution in [0.2, 0.25) is 0 Å². The van der Waals surface area contributed by atoms with Gasteiger partial charge in [-0.1, -0.05) is 18.2 Å². The molecule has 2 heterocycles. The number of para-hydroxylation sites is 1. The molecule has 0 spiro atoms. The number of aromatic nitrogens is 1. The Morgan fingerprint density at radius 3 is 2.24 bits per heavy atom. The first-order valence-electron chi connectivity index (χ1n) is 9.40. The molecule has 0 aliphatic carbocycles. The van der Waals surface area contributed by atoms with Crippen LogP contribution in [0.15, 0.2) is 59.5 Å². The van der Waals surface area contributed by atoms with Gasteiger partial charge in [0.25, 0.3) is 5.91 Å². The summed E-state index contributed by atoms with van der Waals surface area (Å²) in [6, 6.07) is 16.1.